The molecule has 9 heteroatoms. The molecule has 1 amide bonds. The molecule has 0 saturated heterocycles. The van der Waals surface area contributed by atoms with Crippen molar-refractivity contribution < 1.29 is 13.2 Å². The summed E-state index contributed by atoms with van der Waals surface area (Å²) in [6, 6.07) is 10.5. The van der Waals surface area contributed by atoms with Gasteiger partial charge in [-0.05, 0) is 36.4 Å². The van der Waals surface area contributed by atoms with E-state index in [4.69, 9.17) is 28.9 Å². The summed E-state index contributed by atoms with van der Waals surface area (Å²) in [5.74, 6) is -0.799. The summed E-state index contributed by atoms with van der Waals surface area (Å²) >= 11 is 15.1. The first-order valence-electron chi connectivity index (χ1n) is 6.23. The molecule has 2 aromatic rings. The van der Waals surface area contributed by atoms with E-state index in [1.807, 2.05) is 0 Å². The van der Waals surface area contributed by atoms with Gasteiger partial charge in [-0.15, -0.1) is 0 Å². The van der Waals surface area contributed by atoms with E-state index < -0.39 is 22.5 Å². The van der Waals surface area contributed by atoms with Gasteiger partial charge in [0.1, 0.15) is 11.4 Å². The zero-order valence-electron chi connectivity index (χ0n) is 11.5. The van der Waals surface area contributed by atoms with E-state index in [1.54, 1.807) is 24.3 Å². The summed E-state index contributed by atoms with van der Waals surface area (Å²) in [4.78, 5) is 11.1. The third-order valence-corrected chi connectivity index (χ3v) is 5.84. The van der Waals surface area contributed by atoms with Crippen LogP contribution < -0.4 is 10.0 Å². The fourth-order valence-electron chi connectivity index (χ4n) is 1.88. The molecule has 0 spiro atoms. The van der Waals surface area contributed by atoms with E-state index in [1.165, 1.54) is 18.2 Å². The first-order valence-corrected chi connectivity index (χ1v) is 9.22. The molecule has 0 radical (unpaired) electrons. The van der Waals surface area contributed by atoms with Gasteiger partial charge in [-0.25, -0.2) is 8.42 Å². The second-order valence-electron chi connectivity index (χ2n) is 4.53. The Morgan fingerprint density at radius 2 is 1.87 bits per heavy atom. The van der Waals surface area contributed by atoms with Crippen molar-refractivity contribution in [1.29, 1.82) is 0 Å². The predicted molar refractivity (Wildman–Crippen MR) is 94.3 cm³/mol. The van der Waals surface area contributed by atoms with Crippen LogP contribution in [0.2, 0.25) is 10.0 Å². The van der Waals surface area contributed by atoms with Gasteiger partial charge in [-0.3, -0.25) is 9.10 Å². The molecule has 2 aromatic carbocycles. The summed E-state index contributed by atoms with van der Waals surface area (Å²) in [7, 11) is -4.12. The molecule has 23 heavy (non-hydrogen) atoms. The zero-order valence-corrected chi connectivity index (χ0v) is 15.5. The van der Waals surface area contributed by atoms with Crippen LogP contribution in [0.25, 0.3) is 0 Å². The van der Waals surface area contributed by atoms with Crippen molar-refractivity contribution in [2.24, 2.45) is 5.73 Å². The molecule has 0 atom stereocenters. The Hall–Kier alpha value is -1.28. The minimum atomic E-state index is -4.12. The lowest BCUT2D eigenvalue weighted by Crippen LogP contribution is -2.38. The van der Waals surface area contributed by atoms with Crippen LogP contribution in [0.3, 0.4) is 0 Å². The lowest BCUT2D eigenvalue weighted by Gasteiger charge is -2.24. The van der Waals surface area contributed by atoms with Crippen molar-refractivity contribution in [3.8, 4) is 0 Å². The van der Waals surface area contributed by atoms with Gasteiger partial charge < -0.3 is 5.73 Å². The summed E-state index contributed by atoms with van der Waals surface area (Å²) in [6.45, 7) is -0.526. The van der Waals surface area contributed by atoms with Crippen LogP contribution in [0.4, 0.5) is 5.69 Å². The Bertz CT molecular complexity index is 859. The number of carbonyl (C=O) groups excluding carboxylic acids is 1. The number of sulfonamides is 1. The van der Waals surface area contributed by atoms with Gasteiger partial charge in [0.25, 0.3) is 10.0 Å². The number of hydrogen-bond donors (Lipinski definition) is 1. The Morgan fingerprint density at radius 1 is 1.17 bits per heavy atom. The van der Waals surface area contributed by atoms with Crippen molar-refractivity contribution in [3.63, 3.8) is 0 Å². The maximum atomic E-state index is 12.9. The van der Waals surface area contributed by atoms with Crippen LogP contribution >= 0.6 is 39.1 Å². The minimum absolute atomic E-state index is 0.00105. The number of anilines is 1. The van der Waals surface area contributed by atoms with Crippen LogP contribution in [0.1, 0.15) is 0 Å². The van der Waals surface area contributed by atoms with Crippen molar-refractivity contribution in [2.75, 3.05) is 10.8 Å². The minimum Gasteiger partial charge on any atom is -0.368 e. The molecular formula is C14H11BrCl2N2O3S. The molecule has 0 bridgehead atoms. The molecule has 5 nitrogen and oxygen atoms in total. The van der Waals surface area contributed by atoms with Crippen LogP contribution in [0, 0.1) is 0 Å². The van der Waals surface area contributed by atoms with Crippen LogP contribution in [-0.4, -0.2) is 20.9 Å². The zero-order chi connectivity index (χ0) is 17.2. The number of rotatable bonds is 5. The fourth-order valence-corrected chi connectivity index (χ4v) is 4.43. The van der Waals surface area contributed by atoms with Crippen molar-refractivity contribution in [3.05, 3.63) is 57.0 Å². The molecule has 0 aliphatic carbocycles. The Kier molecular flexibility index (Phi) is 5.57. The molecule has 2 N–H and O–H groups in total. The molecule has 0 heterocycles. The van der Waals surface area contributed by atoms with E-state index in [9.17, 15) is 13.2 Å². The fraction of sp³-hybridized carbons (Fsp3) is 0.0714. The Labute approximate surface area is 152 Å². The van der Waals surface area contributed by atoms with Crippen LogP contribution in [0.15, 0.2) is 51.8 Å². The van der Waals surface area contributed by atoms with Gasteiger partial charge in [0.2, 0.25) is 5.91 Å². The number of hydrogen-bond acceptors (Lipinski definition) is 3. The Balaban J connectivity index is 2.62. The summed E-state index contributed by atoms with van der Waals surface area (Å²) in [6.07, 6.45) is 0. The van der Waals surface area contributed by atoms with Gasteiger partial charge in [0, 0.05) is 9.50 Å². The number of primary amides is 1. The highest BCUT2D eigenvalue weighted by atomic mass is 79.9. The molecule has 0 aliphatic heterocycles. The molecule has 0 unspecified atom stereocenters. The summed E-state index contributed by atoms with van der Waals surface area (Å²) in [5, 5.41) is 0.208. The maximum Gasteiger partial charge on any atom is 0.266 e. The Morgan fingerprint density at radius 3 is 2.48 bits per heavy atom. The molecular weight excluding hydrogens is 427 g/mol. The second kappa shape index (κ2) is 7.09. The van der Waals surface area contributed by atoms with E-state index in [0.29, 0.717) is 4.47 Å². The third-order valence-electron chi connectivity index (χ3n) is 2.86. The van der Waals surface area contributed by atoms with Crippen molar-refractivity contribution >= 4 is 60.7 Å². The first kappa shape index (κ1) is 18.1. The number of amides is 1. The second-order valence-corrected chi connectivity index (χ2v) is 8.12. The van der Waals surface area contributed by atoms with Crippen LogP contribution in [0.5, 0.6) is 0 Å². The standard InChI is InChI=1S/C14H11BrCl2N2O3S/c15-9-2-1-3-11(6-9)19(8-14(18)20)23(21,22)13-7-10(16)4-5-12(13)17/h1-7H,8H2,(H2,18,20). The lowest BCUT2D eigenvalue weighted by molar-refractivity contribution is -0.116. The topological polar surface area (TPSA) is 80.5 Å². The predicted octanol–water partition coefficient (Wildman–Crippen LogP) is 3.44. The van der Waals surface area contributed by atoms with E-state index >= 15 is 0 Å². The summed E-state index contributed by atoms with van der Waals surface area (Å²) < 4.78 is 27.4. The average molecular weight is 438 g/mol. The smallest absolute Gasteiger partial charge is 0.266 e. The highest BCUT2D eigenvalue weighted by Gasteiger charge is 2.29. The van der Waals surface area contributed by atoms with Gasteiger partial charge in [-0.2, -0.15) is 0 Å². The highest BCUT2D eigenvalue weighted by molar-refractivity contribution is 9.10. The molecule has 0 aliphatic rings. The lowest BCUT2D eigenvalue weighted by atomic mass is 10.3. The van der Waals surface area contributed by atoms with Gasteiger partial charge >= 0.3 is 0 Å². The molecule has 122 valence electrons. The van der Waals surface area contributed by atoms with Crippen LogP contribution in [-0.2, 0) is 14.8 Å². The average Bonchev–Trinajstić information content (AvgIpc) is 2.47. The molecule has 2 rings (SSSR count). The van der Waals surface area contributed by atoms with E-state index in [2.05, 4.69) is 15.9 Å². The number of benzene rings is 2. The molecule has 0 aromatic heterocycles. The third kappa shape index (κ3) is 4.17. The van der Waals surface area contributed by atoms with Gasteiger partial charge in [0.15, 0.2) is 0 Å². The largest absolute Gasteiger partial charge is 0.368 e. The number of nitrogens with two attached hydrogens (primary N) is 1. The van der Waals surface area contributed by atoms with Crippen molar-refractivity contribution in [1.82, 2.24) is 0 Å². The highest BCUT2D eigenvalue weighted by Crippen LogP contribution is 2.31. The SMILES string of the molecule is NC(=O)CN(c1cccc(Br)c1)S(=O)(=O)c1cc(Cl)ccc1Cl. The van der Waals surface area contributed by atoms with Gasteiger partial charge in [-0.1, -0.05) is 45.2 Å². The number of carbonyl (C=O) groups is 1. The maximum absolute atomic E-state index is 12.9. The molecule has 0 fully saturated rings. The molecule has 0 saturated carbocycles. The number of nitrogens with zero attached hydrogens (tertiary/aromatic N) is 1. The van der Waals surface area contributed by atoms with E-state index in [0.717, 1.165) is 4.31 Å². The number of halogens is 3. The van der Waals surface area contributed by atoms with Gasteiger partial charge in [0.05, 0.1) is 10.7 Å². The van der Waals surface area contributed by atoms with E-state index in [-0.39, 0.29) is 20.6 Å². The first-order chi connectivity index (χ1) is 10.7. The normalized spacial score (nSPS) is 11.3. The monoisotopic (exact) mass is 436 g/mol. The summed E-state index contributed by atoms with van der Waals surface area (Å²) in [5.41, 5.74) is 5.47. The quantitative estimate of drug-likeness (QED) is 0.777. The van der Waals surface area contributed by atoms with Crippen molar-refractivity contribution in [2.45, 2.75) is 4.90 Å².